The van der Waals surface area contributed by atoms with Crippen molar-refractivity contribution in [3.8, 4) is 11.5 Å². The predicted octanol–water partition coefficient (Wildman–Crippen LogP) is 4.31. The van der Waals surface area contributed by atoms with Gasteiger partial charge in [0.25, 0.3) is 5.91 Å². The molecule has 1 aliphatic rings. The fourth-order valence-corrected chi connectivity index (χ4v) is 4.55. The standard InChI is InChI=1S/C18H15BrN2O3S/c1-2-5-21-13(7-16-17(21)12(19)9-25-16)18(22)20-8-11-3-4-14-15(6-11)24-10-23-14/h2-4,6-7,9H,1,5,8,10H2,(H,20,22). The average molecular weight is 419 g/mol. The van der Waals surface area contributed by atoms with Gasteiger partial charge in [-0.05, 0) is 39.7 Å². The zero-order chi connectivity index (χ0) is 17.4. The molecule has 0 aliphatic carbocycles. The highest BCUT2D eigenvalue weighted by Gasteiger charge is 2.18. The third kappa shape index (κ3) is 2.94. The number of nitrogens with one attached hydrogen (secondary N) is 1. The maximum Gasteiger partial charge on any atom is 0.268 e. The van der Waals surface area contributed by atoms with E-state index in [1.807, 2.05) is 34.2 Å². The molecular weight excluding hydrogens is 404 g/mol. The Morgan fingerprint density at radius 2 is 2.20 bits per heavy atom. The molecule has 0 atom stereocenters. The Morgan fingerprint density at radius 3 is 3.04 bits per heavy atom. The van der Waals surface area contributed by atoms with Gasteiger partial charge in [0.05, 0.1) is 14.7 Å². The van der Waals surface area contributed by atoms with Gasteiger partial charge in [-0.15, -0.1) is 17.9 Å². The molecule has 3 heterocycles. The van der Waals surface area contributed by atoms with Gasteiger partial charge in [0.2, 0.25) is 6.79 Å². The van der Waals surface area contributed by atoms with Crippen molar-refractivity contribution in [3.05, 3.63) is 58.0 Å². The van der Waals surface area contributed by atoms with E-state index in [4.69, 9.17) is 9.47 Å². The number of halogens is 1. The highest BCUT2D eigenvalue weighted by atomic mass is 79.9. The zero-order valence-electron chi connectivity index (χ0n) is 13.3. The van der Waals surface area contributed by atoms with Gasteiger partial charge in [-0.1, -0.05) is 12.1 Å². The highest BCUT2D eigenvalue weighted by Crippen LogP contribution is 2.34. The van der Waals surface area contributed by atoms with Crippen LogP contribution in [0.4, 0.5) is 0 Å². The molecule has 0 bridgehead atoms. The van der Waals surface area contributed by atoms with Crippen molar-refractivity contribution in [3.63, 3.8) is 0 Å². The van der Waals surface area contributed by atoms with E-state index in [0.717, 1.165) is 26.0 Å². The van der Waals surface area contributed by atoms with E-state index in [0.29, 0.717) is 24.5 Å². The van der Waals surface area contributed by atoms with Crippen molar-refractivity contribution in [2.24, 2.45) is 0 Å². The monoisotopic (exact) mass is 418 g/mol. The van der Waals surface area contributed by atoms with Crippen LogP contribution in [0.3, 0.4) is 0 Å². The van der Waals surface area contributed by atoms with Gasteiger partial charge in [-0.3, -0.25) is 4.79 Å². The molecule has 1 amide bonds. The molecule has 2 aromatic heterocycles. The largest absolute Gasteiger partial charge is 0.454 e. The van der Waals surface area contributed by atoms with Crippen LogP contribution in [-0.2, 0) is 13.1 Å². The lowest BCUT2D eigenvalue weighted by Crippen LogP contribution is -2.25. The summed E-state index contributed by atoms with van der Waals surface area (Å²) < 4.78 is 14.7. The van der Waals surface area contributed by atoms with Gasteiger partial charge in [0.1, 0.15) is 5.69 Å². The topological polar surface area (TPSA) is 52.5 Å². The van der Waals surface area contributed by atoms with Crippen LogP contribution < -0.4 is 14.8 Å². The molecule has 5 nitrogen and oxygen atoms in total. The maximum atomic E-state index is 12.7. The lowest BCUT2D eigenvalue weighted by atomic mass is 10.2. The molecule has 1 aliphatic heterocycles. The van der Waals surface area contributed by atoms with Crippen molar-refractivity contribution >= 4 is 43.4 Å². The molecule has 1 N–H and O–H groups in total. The summed E-state index contributed by atoms with van der Waals surface area (Å²) in [5, 5.41) is 5.00. The summed E-state index contributed by atoms with van der Waals surface area (Å²) >= 11 is 5.16. The molecule has 0 spiro atoms. The van der Waals surface area contributed by atoms with Crippen molar-refractivity contribution < 1.29 is 14.3 Å². The first-order valence-corrected chi connectivity index (χ1v) is 9.38. The Labute approximate surface area is 157 Å². The molecule has 128 valence electrons. The van der Waals surface area contributed by atoms with E-state index in [1.165, 1.54) is 0 Å². The van der Waals surface area contributed by atoms with E-state index in [2.05, 4.69) is 27.8 Å². The number of thiophene rings is 1. The average Bonchev–Trinajstić information content (AvgIpc) is 3.30. The van der Waals surface area contributed by atoms with Crippen molar-refractivity contribution in [1.29, 1.82) is 0 Å². The van der Waals surface area contributed by atoms with Gasteiger partial charge in [0.15, 0.2) is 11.5 Å². The van der Waals surface area contributed by atoms with Crippen LogP contribution in [0.25, 0.3) is 10.2 Å². The predicted molar refractivity (Wildman–Crippen MR) is 101 cm³/mol. The Morgan fingerprint density at radius 1 is 1.36 bits per heavy atom. The summed E-state index contributed by atoms with van der Waals surface area (Å²) in [7, 11) is 0. The van der Waals surface area contributed by atoms with E-state index in [-0.39, 0.29) is 12.7 Å². The Hall–Kier alpha value is -2.25. The van der Waals surface area contributed by atoms with Gasteiger partial charge in [-0.25, -0.2) is 0 Å². The minimum atomic E-state index is -0.116. The molecule has 25 heavy (non-hydrogen) atoms. The first-order chi connectivity index (χ1) is 12.2. The lowest BCUT2D eigenvalue weighted by Gasteiger charge is -2.10. The number of fused-ring (bicyclic) bond motifs is 2. The minimum absolute atomic E-state index is 0.116. The SMILES string of the molecule is C=CCn1c(C(=O)NCc2ccc3c(c2)OCO3)cc2scc(Br)c21. The number of ether oxygens (including phenoxy) is 2. The molecule has 0 radical (unpaired) electrons. The van der Waals surface area contributed by atoms with Gasteiger partial charge in [0, 0.05) is 18.5 Å². The molecular formula is C18H15BrN2O3S. The van der Waals surface area contributed by atoms with Crippen LogP contribution >= 0.6 is 27.3 Å². The quantitative estimate of drug-likeness (QED) is 0.628. The molecule has 3 aromatic rings. The second-order valence-corrected chi connectivity index (χ2v) is 7.36. The summed E-state index contributed by atoms with van der Waals surface area (Å²) in [6, 6.07) is 7.59. The number of hydrogen-bond donors (Lipinski definition) is 1. The van der Waals surface area contributed by atoms with Gasteiger partial charge < -0.3 is 19.4 Å². The van der Waals surface area contributed by atoms with Crippen LogP contribution in [-0.4, -0.2) is 17.3 Å². The minimum Gasteiger partial charge on any atom is -0.454 e. The van der Waals surface area contributed by atoms with Crippen LogP contribution in [0.15, 0.2) is 46.8 Å². The Kier molecular flexibility index (Phi) is 4.27. The number of nitrogens with zero attached hydrogens (tertiary/aromatic N) is 1. The summed E-state index contributed by atoms with van der Waals surface area (Å²) in [5.74, 6) is 1.33. The number of benzene rings is 1. The van der Waals surface area contributed by atoms with Crippen LogP contribution in [0.2, 0.25) is 0 Å². The van der Waals surface area contributed by atoms with Crippen LogP contribution in [0, 0.1) is 0 Å². The second kappa shape index (κ2) is 6.57. The lowest BCUT2D eigenvalue weighted by molar-refractivity contribution is 0.0942. The first-order valence-electron chi connectivity index (χ1n) is 7.71. The second-order valence-electron chi connectivity index (χ2n) is 5.60. The molecule has 0 saturated heterocycles. The van der Waals surface area contributed by atoms with Gasteiger partial charge in [-0.2, -0.15) is 0 Å². The maximum absolute atomic E-state index is 12.7. The third-order valence-corrected chi connectivity index (χ3v) is 5.84. The van der Waals surface area contributed by atoms with Crippen molar-refractivity contribution in [2.75, 3.05) is 6.79 Å². The molecule has 1 aromatic carbocycles. The number of allylic oxidation sites excluding steroid dienone is 1. The summed E-state index contributed by atoms with van der Waals surface area (Å²) in [4.78, 5) is 12.7. The van der Waals surface area contributed by atoms with Crippen LogP contribution in [0.5, 0.6) is 11.5 Å². The number of amides is 1. The number of rotatable bonds is 5. The normalized spacial score (nSPS) is 12.5. The number of hydrogen-bond acceptors (Lipinski definition) is 4. The highest BCUT2D eigenvalue weighted by molar-refractivity contribution is 9.10. The first kappa shape index (κ1) is 16.2. The summed E-state index contributed by atoms with van der Waals surface area (Å²) in [6.07, 6.45) is 1.79. The smallest absolute Gasteiger partial charge is 0.268 e. The van der Waals surface area contributed by atoms with Crippen molar-refractivity contribution in [1.82, 2.24) is 9.88 Å². The van der Waals surface area contributed by atoms with Crippen molar-refractivity contribution in [2.45, 2.75) is 13.1 Å². The van der Waals surface area contributed by atoms with Gasteiger partial charge >= 0.3 is 0 Å². The molecule has 7 heteroatoms. The third-order valence-electron chi connectivity index (χ3n) is 4.01. The summed E-state index contributed by atoms with van der Waals surface area (Å²) in [5.41, 5.74) is 2.61. The number of aromatic nitrogens is 1. The summed E-state index contributed by atoms with van der Waals surface area (Å²) in [6.45, 7) is 5.03. The van der Waals surface area contributed by atoms with E-state index in [9.17, 15) is 4.79 Å². The van der Waals surface area contributed by atoms with E-state index in [1.54, 1.807) is 17.4 Å². The number of carbonyl (C=O) groups excluding carboxylic acids is 1. The van der Waals surface area contributed by atoms with Crippen LogP contribution in [0.1, 0.15) is 16.1 Å². The Bertz CT molecular complexity index is 976. The number of carbonyl (C=O) groups is 1. The molecule has 0 saturated carbocycles. The zero-order valence-corrected chi connectivity index (χ0v) is 15.7. The molecule has 0 unspecified atom stereocenters. The molecule has 0 fully saturated rings. The fourth-order valence-electron chi connectivity index (χ4n) is 2.86. The van der Waals surface area contributed by atoms with E-state index < -0.39 is 0 Å². The molecule has 4 rings (SSSR count). The van der Waals surface area contributed by atoms with E-state index >= 15 is 0 Å². The Balaban J connectivity index is 1.56. The fraction of sp³-hybridized carbons (Fsp3) is 0.167.